The first-order valence-corrected chi connectivity index (χ1v) is 6.36. The molecular weight excluding hydrogens is 232 g/mol. The molecule has 0 spiro atoms. The van der Waals surface area contributed by atoms with Gasteiger partial charge in [0.2, 0.25) is 0 Å². The molecule has 2 atom stereocenters. The Morgan fingerprint density at radius 3 is 3.00 bits per heavy atom. The van der Waals surface area contributed by atoms with Crippen LogP contribution >= 0.6 is 0 Å². The van der Waals surface area contributed by atoms with E-state index in [9.17, 15) is 4.79 Å². The fourth-order valence-electron chi connectivity index (χ4n) is 2.77. The third-order valence-corrected chi connectivity index (χ3v) is 3.82. The Hall–Kier alpha value is -1.20. The molecule has 0 saturated heterocycles. The van der Waals surface area contributed by atoms with Crippen LogP contribution in [-0.4, -0.2) is 22.2 Å². The lowest BCUT2D eigenvalue weighted by atomic mass is 9.78. The lowest BCUT2D eigenvalue weighted by molar-refractivity contribution is -0.0648. The molecule has 1 saturated carbocycles. The molecule has 0 bridgehead atoms. The number of aromatic amines is 1. The van der Waals surface area contributed by atoms with Crippen LogP contribution in [0.15, 0.2) is 11.0 Å². The molecule has 0 radical (unpaired) electrons. The number of aliphatic hydroxyl groups excluding tert-OH is 1. The van der Waals surface area contributed by atoms with E-state index in [4.69, 9.17) is 9.84 Å². The Balaban J connectivity index is 2.38. The van der Waals surface area contributed by atoms with E-state index < -0.39 is 5.60 Å². The van der Waals surface area contributed by atoms with Crippen molar-refractivity contribution < 1.29 is 9.84 Å². The molecule has 2 N–H and O–H groups in total. The maximum atomic E-state index is 11.7. The van der Waals surface area contributed by atoms with Crippen LogP contribution in [0.1, 0.15) is 44.0 Å². The van der Waals surface area contributed by atoms with E-state index in [0.29, 0.717) is 11.7 Å². The molecule has 1 heterocycles. The van der Waals surface area contributed by atoms with Crippen LogP contribution in [0.2, 0.25) is 0 Å². The van der Waals surface area contributed by atoms with Gasteiger partial charge in [-0.25, -0.2) is 4.98 Å². The average molecular weight is 252 g/mol. The number of aromatic nitrogens is 2. The smallest absolute Gasteiger partial charge is 0.256 e. The zero-order valence-corrected chi connectivity index (χ0v) is 10.9. The Morgan fingerprint density at radius 1 is 1.67 bits per heavy atom. The number of methoxy groups -OCH3 is 1. The molecule has 0 aliphatic heterocycles. The van der Waals surface area contributed by atoms with E-state index in [-0.39, 0.29) is 17.7 Å². The van der Waals surface area contributed by atoms with Crippen molar-refractivity contribution in [2.45, 2.75) is 44.8 Å². The molecule has 1 aliphatic carbocycles. The van der Waals surface area contributed by atoms with Gasteiger partial charge in [-0.1, -0.05) is 13.3 Å². The number of nitrogens with zero attached hydrogens (tertiary/aromatic N) is 1. The third kappa shape index (κ3) is 2.33. The predicted molar refractivity (Wildman–Crippen MR) is 67.1 cm³/mol. The van der Waals surface area contributed by atoms with Crippen molar-refractivity contribution in [3.63, 3.8) is 0 Å². The standard InChI is InChI=1S/C13H20N2O3/c1-9-4-3-5-13(6-9,18-2)12-14-7-10(8-16)11(17)15-12/h7,9,16H,3-6,8H2,1-2H3,(H,14,15,17). The van der Waals surface area contributed by atoms with Crippen LogP contribution in [0.5, 0.6) is 0 Å². The van der Waals surface area contributed by atoms with Crippen molar-refractivity contribution in [2.75, 3.05) is 7.11 Å². The summed E-state index contributed by atoms with van der Waals surface area (Å²) in [7, 11) is 1.66. The molecular formula is C13H20N2O3. The number of rotatable bonds is 3. The van der Waals surface area contributed by atoms with Crippen LogP contribution in [0.3, 0.4) is 0 Å². The molecule has 1 fully saturated rings. The van der Waals surface area contributed by atoms with Gasteiger partial charge in [0.15, 0.2) is 0 Å². The Bertz CT molecular complexity index is 472. The fourth-order valence-corrected chi connectivity index (χ4v) is 2.77. The minimum absolute atomic E-state index is 0.280. The zero-order chi connectivity index (χ0) is 13.2. The summed E-state index contributed by atoms with van der Waals surface area (Å²) in [4.78, 5) is 18.8. The van der Waals surface area contributed by atoms with Crippen molar-refractivity contribution in [2.24, 2.45) is 5.92 Å². The van der Waals surface area contributed by atoms with Crippen LogP contribution in [0.25, 0.3) is 0 Å². The SMILES string of the molecule is COC1(c2ncc(CO)c(=O)[nH]2)CCCC(C)C1. The van der Waals surface area contributed by atoms with Crippen molar-refractivity contribution in [3.8, 4) is 0 Å². The average Bonchev–Trinajstić information content (AvgIpc) is 2.38. The van der Waals surface area contributed by atoms with Gasteiger partial charge in [0.1, 0.15) is 11.4 Å². The van der Waals surface area contributed by atoms with Gasteiger partial charge in [0, 0.05) is 13.3 Å². The van der Waals surface area contributed by atoms with Crippen LogP contribution in [0, 0.1) is 5.92 Å². The lowest BCUT2D eigenvalue weighted by Crippen LogP contribution is -2.37. The lowest BCUT2D eigenvalue weighted by Gasteiger charge is -2.37. The first-order valence-electron chi connectivity index (χ1n) is 6.36. The summed E-state index contributed by atoms with van der Waals surface area (Å²) in [6, 6.07) is 0. The van der Waals surface area contributed by atoms with Crippen LogP contribution in [-0.2, 0) is 16.9 Å². The van der Waals surface area contributed by atoms with Gasteiger partial charge in [-0.3, -0.25) is 4.79 Å². The zero-order valence-electron chi connectivity index (χ0n) is 10.9. The van der Waals surface area contributed by atoms with Gasteiger partial charge in [0.05, 0.1) is 12.2 Å². The number of aliphatic hydroxyl groups is 1. The minimum Gasteiger partial charge on any atom is -0.391 e. The monoisotopic (exact) mass is 252 g/mol. The summed E-state index contributed by atoms with van der Waals surface area (Å²) in [5.41, 5.74) is -0.476. The van der Waals surface area contributed by atoms with Gasteiger partial charge in [-0.2, -0.15) is 0 Å². The summed E-state index contributed by atoms with van der Waals surface area (Å²) in [6.45, 7) is 1.89. The molecule has 2 rings (SSSR count). The number of H-pyrrole nitrogens is 1. The Labute approximate surface area is 106 Å². The minimum atomic E-state index is -0.481. The van der Waals surface area contributed by atoms with Gasteiger partial charge in [-0.05, 0) is 25.2 Å². The second kappa shape index (κ2) is 5.20. The first-order chi connectivity index (χ1) is 8.61. The highest BCUT2D eigenvalue weighted by molar-refractivity contribution is 5.10. The van der Waals surface area contributed by atoms with Gasteiger partial charge >= 0.3 is 0 Å². The second-order valence-corrected chi connectivity index (χ2v) is 5.14. The quantitative estimate of drug-likeness (QED) is 0.850. The highest BCUT2D eigenvalue weighted by Gasteiger charge is 2.38. The summed E-state index contributed by atoms with van der Waals surface area (Å²) < 4.78 is 5.67. The first kappa shape index (κ1) is 13.2. The molecule has 5 nitrogen and oxygen atoms in total. The summed E-state index contributed by atoms with van der Waals surface area (Å²) in [5, 5.41) is 8.99. The predicted octanol–water partition coefficient (Wildman–Crippen LogP) is 1.31. The number of hydrogen-bond donors (Lipinski definition) is 2. The van der Waals surface area contributed by atoms with Crippen LogP contribution in [0.4, 0.5) is 0 Å². The maximum Gasteiger partial charge on any atom is 0.256 e. The molecule has 0 amide bonds. The third-order valence-electron chi connectivity index (χ3n) is 3.82. The van der Waals surface area contributed by atoms with Crippen molar-refractivity contribution in [1.82, 2.24) is 9.97 Å². The number of nitrogens with one attached hydrogen (secondary N) is 1. The summed E-state index contributed by atoms with van der Waals surface area (Å²) in [6.07, 6.45) is 5.43. The Morgan fingerprint density at radius 2 is 2.44 bits per heavy atom. The van der Waals surface area contributed by atoms with Crippen molar-refractivity contribution in [1.29, 1.82) is 0 Å². The largest absolute Gasteiger partial charge is 0.391 e. The van der Waals surface area contributed by atoms with E-state index in [1.807, 2.05) is 0 Å². The Kier molecular flexibility index (Phi) is 3.82. The molecule has 18 heavy (non-hydrogen) atoms. The molecule has 5 heteroatoms. The molecule has 1 aromatic heterocycles. The van der Waals surface area contributed by atoms with Gasteiger partial charge in [-0.15, -0.1) is 0 Å². The topological polar surface area (TPSA) is 75.2 Å². The molecule has 0 aromatic carbocycles. The van der Waals surface area contributed by atoms with E-state index in [0.717, 1.165) is 19.3 Å². The second-order valence-electron chi connectivity index (χ2n) is 5.14. The van der Waals surface area contributed by atoms with Crippen LogP contribution < -0.4 is 5.56 Å². The van der Waals surface area contributed by atoms with Gasteiger partial charge in [0.25, 0.3) is 5.56 Å². The number of ether oxygens (including phenoxy) is 1. The van der Waals surface area contributed by atoms with Crippen molar-refractivity contribution in [3.05, 3.63) is 27.9 Å². The molecule has 100 valence electrons. The van der Waals surface area contributed by atoms with E-state index in [1.165, 1.54) is 12.6 Å². The van der Waals surface area contributed by atoms with Crippen molar-refractivity contribution >= 4 is 0 Å². The van der Waals surface area contributed by atoms with Gasteiger partial charge < -0.3 is 14.8 Å². The maximum absolute atomic E-state index is 11.7. The highest BCUT2D eigenvalue weighted by Crippen LogP contribution is 2.40. The normalized spacial score (nSPS) is 28.3. The molecule has 1 aliphatic rings. The number of hydrogen-bond acceptors (Lipinski definition) is 4. The van der Waals surface area contributed by atoms with E-state index in [1.54, 1.807) is 7.11 Å². The summed E-state index contributed by atoms with van der Waals surface area (Å²) >= 11 is 0. The molecule has 1 aromatic rings. The van der Waals surface area contributed by atoms with E-state index in [2.05, 4.69) is 16.9 Å². The summed E-state index contributed by atoms with van der Waals surface area (Å²) in [5.74, 6) is 1.14. The molecule has 2 unspecified atom stereocenters. The highest BCUT2D eigenvalue weighted by atomic mass is 16.5. The van der Waals surface area contributed by atoms with E-state index >= 15 is 0 Å². The fraction of sp³-hybridized carbons (Fsp3) is 0.692.